The SMILES string of the molecule is Cc1cc(I)ccc1NC(=O)c1ccc(=O)[nH]n1. The average molecular weight is 355 g/mol. The molecule has 18 heavy (non-hydrogen) atoms. The number of aryl methyl sites for hydroxylation is 1. The highest BCUT2D eigenvalue weighted by atomic mass is 127. The molecule has 5 nitrogen and oxygen atoms in total. The van der Waals surface area contributed by atoms with Gasteiger partial charge >= 0.3 is 0 Å². The van der Waals surface area contributed by atoms with Crippen molar-refractivity contribution < 1.29 is 4.79 Å². The Morgan fingerprint density at radius 3 is 2.72 bits per heavy atom. The number of carbonyl (C=O) groups is 1. The molecule has 2 N–H and O–H groups in total. The summed E-state index contributed by atoms with van der Waals surface area (Å²) in [7, 11) is 0. The number of carbonyl (C=O) groups excluding carboxylic acids is 1. The van der Waals surface area contributed by atoms with Gasteiger partial charge in [-0.3, -0.25) is 9.59 Å². The van der Waals surface area contributed by atoms with Crippen molar-refractivity contribution in [1.82, 2.24) is 10.2 Å². The zero-order chi connectivity index (χ0) is 13.1. The summed E-state index contributed by atoms with van der Waals surface area (Å²) in [4.78, 5) is 22.7. The third-order valence-electron chi connectivity index (χ3n) is 2.35. The van der Waals surface area contributed by atoms with E-state index in [1.165, 1.54) is 12.1 Å². The number of nitrogens with zero attached hydrogens (tertiary/aromatic N) is 1. The topological polar surface area (TPSA) is 74.8 Å². The first-order valence-electron chi connectivity index (χ1n) is 5.19. The molecule has 0 aliphatic rings. The van der Waals surface area contributed by atoms with Crippen molar-refractivity contribution in [2.45, 2.75) is 6.92 Å². The number of amides is 1. The highest BCUT2D eigenvalue weighted by molar-refractivity contribution is 14.1. The van der Waals surface area contributed by atoms with E-state index in [1.807, 2.05) is 25.1 Å². The van der Waals surface area contributed by atoms with Gasteiger partial charge in [-0.1, -0.05) is 0 Å². The lowest BCUT2D eigenvalue weighted by Gasteiger charge is -2.07. The minimum absolute atomic E-state index is 0.174. The van der Waals surface area contributed by atoms with Crippen LogP contribution >= 0.6 is 22.6 Å². The Morgan fingerprint density at radius 1 is 1.33 bits per heavy atom. The third-order valence-corrected chi connectivity index (χ3v) is 3.02. The van der Waals surface area contributed by atoms with E-state index in [1.54, 1.807) is 0 Å². The molecule has 6 heteroatoms. The number of anilines is 1. The highest BCUT2D eigenvalue weighted by Gasteiger charge is 2.09. The minimum atomic E-state index is -0.351. The number of nitrogens with one attached hydrogen (secondary N) is 2. The molecule has 0 fully saturated rings. The summed E-state index contributed by atoms with van der Waals surface area (Å²) in [6, 6.07) is 8.36. The van der Waals surface area contributed by atoms with E-state index in [9.17, 15) is 9.59 Å². The van der Waals surface area contributed by atoms with Crippen LogP contribution in [0.2, 0.25) is 0 Å². The van der Waals surface area contributed by atoms with Gasteiger partial charge < -0.3 is 5.32 Å². The molecule has 2 rings (SSSR count). The van der Waals surface area contributed by atoms with Crippen molar-refractivity contribution in [1.29, 1.82) is 0 Å². The van der Waals surface area contributed by atoms with E-state index in [4.69, 9.17) is 0 Å². The van der Waals surface area contributed by atoms with E-state index in [0.717, 1.165) is 14.8 Å². The number of aromatic amines is 1. The van der Waals surface area contributed by atoms with Crippen LogP contribution in [0.25, 0.3) is 0 Å². The fourth-order valence-electron chi connectivity index (χ4n) is 1.42. The average Bonchev–Trinajstić information content (AvgIpc) is 2.33. The van der Waals surface area contributed by atoms with Crippen molar-refractivity contribution >= 4 is 34.2 Å². The number of H-pyrrole nitrogens is 1. The molecule has 92 valence electrons. The molecule has 1 heterocycles. The maximum absolute atomic E-state index is 11.9. The lowest BCUT2D eigenvalue weighted by Crippen LogP contribution is -2.18. The molecular formula is C12H10IN3O2. The van der Waals surface area contributed by atoms with Crippen molar-refractivity contribution in [2.24, 2.45) is 0 Å². The van der Waals surface area contributed by atoms with Gasteiger partial charge in [-0.05, 0) is 59.3 Å². The van der Waals surface area contributed by atoms with E-state index in [-0.39, 0.29) is 17.2 Å². The molecule has 1 amide bonds. The molecule has 1 aromatic carbocycles. The lowest BCUT2D eigenvalue weighted by molar-refractivity contribution is 0.102. The molecule has 0 saturated heterocycles. The van der Waals surface area contributed by atoms with Crippen LogP contribution in [0.3, 0.4) is 0 Å². The fourth-order valence-corrected chi connectivity index (χ4v) is 2.07. The van der Waals surface area contributed by atoms with Crippen LogP contribution < -0.4 is 10.9 Å². The number of rotatable bonds is 2. The molecule has 0 saturated carbocycles. The summed E-state index contributed by atoms with van der Waals surface area (Å²) in [5.41, 5.74) is 1.54. The third kappa shape index (κ3) is 2.95. The zero-order valence-corrected chi connectivity index (χ0v) is 11.7. The highest BCUT2D eigenvalue weighted by Crippen LogP contribution is 2.18. The predicted molar refractivity (Wildman–Crippen MR) is 76.7 cm³/mol. The van der Waals surface area contributed by atoms with E-state index in [0.29, 0.717) is 0 Å². The Morgan fingerprint density at radius 2 is 2.11 bits per heavy atom. The summed E-state index contributed by atoms with van der Waals surface area (Å²) in [5, 5.41) is 8.64. The molecule has 0 spiro atoms. The van der Waals surface area contributed by atoms with Crippen molar-refractivity contribution in [2.75, 3.05) is 5.32 Å². The van der Waals surface area contributed by atoms with Crippen LogP contribution in [0.15, 0.2) is 35.1 Å². The second-order valence-corrected chi connectivity index (χ2v) is 4.97. The van der Waals surface area contributed by atoms with Gasteiger partial charge in [0, 0.05) is 15.3 Å². The van der Waals surface area contributed by atoms with Crippen molar-refractivity contribution in [3.63, 3.8) is 0 Å². The molecule has 0 atom stereocenters. The van der Waals surface area contributed by atoms with E-state index < -0.39 is 0 Å². The maximum Gasteiger partial charge on any atom is 0.276 e. The summed E-state index contributed by atoms with van der Waals surface area (Å²) in [5.74, 6) is -0.351. The maximum atomic E-state index is 11.9. The van der Waals surface area contributed by atoms with Gasteiger partial charge in [0.1, 0.15) is 5.69 Å². The van der Waals surface area contributed by atoms with Gasteiger partial charge in [-0.15, -0.1) is 0 Å². The van der Waals surface area contributed by atoms with Gasteiger partial charge in [0.2, 0.25) is 0 Å². The second kappa shape index (κ2) is 5.30. The fraction of sp³-hybridized carbons (Fsp3) is 0.0833. The van der Waals surface area contributed by atoms with Crippen LogP contribution in [0.4, 0.5) is 5.69 Å². The number of aromatic nitrogens is 2. The Balaban J connectivity index is 2.21. The predicted octanol–water partition coefficient (Wildman–Crippen LogP) is 1.94. The van der Waals surface area contributed by atoms with Gasteiger partial charge in [0.05, 0.1) is 0 Å². The summed E-state index contributed by atoms with van der Waals surface area (Å²) >= 11 is 2.21. The van der Waals surface area contributed by atoms with Gasteiger partial charge in [-0.2, -0.15) is 5.10 Å². The van der Waals surface area contributed by atoms with Crippen LogP contribution in [-0.2, 0) is 0 Å². The van der Waals surface area contributed by atoms with Crippen molar-refractivity contribution in [3.8, 4) is 0 Å². The summed E-state index contributed by atoms with van der Waals surface area (Å²) < 4.78 is 1.10. The van der Waals surface area contributed by atoms with Crippen LogP contribution in [0, 0.1) is 10.5 Å². The molecule has 0 aliphatic heterocycles. The molecular weight excluding hydrogens is 345 g/mol. The molecule has 0 unspecified atom stereocenters. The largest absolute Gasteiger partial charge is 0.320 e. The first-order valence-corrected chi connectivity index (χ1v) is 6.27. The monoisotopic (exact) mass is 355 g/mol. The number of benzene rings is 1. The first kappa shape index (κ1) is 12.7. The zero-order valence-electron chi connectivity index (χ0n) is 9.53. The Kier molecular flexibility index (Phi) is 3.75. The number of halogens is 1. The Hall–Kier alpha value is -1.70. The van der Waals surface area contributed by atoms with Gasteiger partial charge in [0.15, 0.2) is 0 Å². The Labute approximate surface area is 117 Å². The van der Waals surface area contributed by atoms with Gasteiger partial charge in [-0.25, -0.2) is 5.10 Å². The molecule has 0 radical (unpaired) electrons. The number of hydrogen-bond donors (Lipinski definition) is 2. The van der Waals surface area contributed by atoms with Crippen LogP contribution in [-0.4, -0.2) is 16.1 Å². The second-order valence-electron chi connectivity index (χ2n) is 3.72. The van der Waals surface area contributed by atoms with Crippen LogP contribution in [0.5, 0.6) is 0 Å². The van der Waals surface area contributed by atoms with Crippen molar-refractivity contribution in [3.05, 3.63) is 55.5 Å². The first-order chi connectivity index (χ1) is 8.56. The van der Waals surface area contributed by atoms with Gasteiger partial charge in [0.25, 0.3) is 11.5 Å². The normalized spacial score (nSPS) is 10.1. The molecule has 0 bridgehead atoms. The van der Waals surface area contributed by atoms with E-state index >= 15 is 0 Å². The lowest BCUT2D eigenvalue weighted by atomic mass is 10.2. The molecule has 0 aliphatic carbocycles. The molecule has 1 aromatic heterocycles. The quantitative estimate of drug-likeness (QED) is 0.809. The number of hydrogen-bond acceptors (Lipinski definition) is 3. The smallest absolute Gasteiger partial charge is 0.276 e. The Bertz CT molecular complexity index is 632. The minimum Gasteiger partial charge on any atom is -0.320 e. The van der Waals surface area contributed by atoms with Crippen LogP contribution in [0.1, 0.15) is 16.1 Å². The molecule has 2 aromatic rings. The van der Waals surface area contributed by atoms with E-state index in [2.05, 4.69) is 38.1 Å². The summed E-state index contributed by atoms with van der Waals surface area (Å²) in [6.07, 6.45) is 0. The summed E-state index contributed by atoms with van der Waals surface area (Å²) in [6.45, 7) is 1.91. The standard InChI is InChI=1S/C12H10IN3O2/c1-7-6-8(13)2-3-9(7)14-12(18)10-4-5-11(17)16-15-10/h2-6H,1H3,(H,14,18)(H,16,17).